The molecule has 1 N–H and O–H groups in total. The SMILES string of the molecule is COc1ccc(CCC(=O)N2CCC(c3ccc(O)cc3)CC2)cc1OC. The average molecular weight is 369 g/mol. The summed E-state index contributed by atoms with van der Waals surface area (Å²) in [6, 6.07) is 13.2. The summed E-state index contributed by atoms with van der Waals surface area (Å²) >= 11 is 0. The Morgan fingerprint density at radius 1 is 1.04 bits per heavy atom. The molecule has 27 heavy (non-hydrogen) atoms. The van der Waals surface area contributed by atoms with Gasteiger partial charge in [0.1, 0.15) is 5.75 Å². The van der Waals surface area contributed by atoms with Gasteiger partial charge in [-0.3, -0.25) is 4.79 Å². The van der Waals surface area contributed by atoms with Gasteiger partial charge < -0.3 is 19.5 Å². The van der Waals surface area contributed by atoms with E-state index in [1.807, 2.05) is 35.2 Å². The lowest BCUT2D eigenvalue weighted by atomic mass is 9.89. The Hall–Kier alpha value is -2.69. The van der Waals surface area contributed by atoms with Crippen molar-refractivity contribution in [2.24, 2.45) is 0 Å². The molecule has 1 fully saturated rings. The molecule has 2 aromatic rings. The second-order valence-corrected chi connectivity index (χ2v) is 6.94. The highest BCUT2D eigenvalue weighted by atomic mass is 16.5. The van der Waals surface area contributed by atoms with Gasteiger partial charge >= 0.3 is 0 Å². The van der Waals surface area contributed by atoms with Gasteiger partial charge in [-0.05, 0) is 60.6 Å². The Labute approximate surface area is 160 Å². The molecule has 0 saturated carbocycles. The van der Waals surface area contributed by atoms with E-state index in [0.717, 1.165) is 31.5 Å². The number of methoxy groups -OCH3 is 2. The van der Waals surface area contributed by atoms with Gasteiger partial charge in [0.15, 0.2) is 11.5 Å². The Balaban J connectivity index is 1.50. The van der Waals surface area contributed by atoms with Gasteiger partial charge in [0.2, 0.25) is 5.91 Å². The highest BCUT2D eigenvalue weighted by molar-refractivity contribution is 5.76. The Morgan fingerprint density at radius 2 is 1.70 bits per heavy atom. The quantitative estimate of drug-likeness (QED) is 0.843. The van der Waals surface area contributed by atoms with E-state index in [2.05, 4.69) is 0 Å². The number of piperidine rings is 1. The van der Waals surface area contributed by atoms with E-state index in [9.17, 15) is 9.90 Å². The molecule has 144 valence electrons. The summed E-state index contributed by atoms with van der Waals surface area (Å²) in [6.45, 7) is 1.58. The van der Waals surface area contributed by atoms with Gasteiger partial charge in [-0.1, -0.05) is 18.2 Å². The van der Waals surface area contributed by atoms with Crippen LogP contribution in [0.3, 0.4) is 0 Å². The Kier molecular flexibility index (Phi) is 6.22. The van der Waals surface area contributed by atoms with Crippen LogP contribution in [0.25, 0.3) is 0 Å². The van der Waals surface area contributed by atoms with Crippen LogP contribution in [0.4, 0.5) is 0 Å². The number of aryl methyl sites for hydroxylation is 1. The molecule has 0 radical (unpaired) electrons. The van der Waals surface area contributed by atoms with Crippen LogP contribution in [0, 0.1) is 0 Å². The van der Waals surface area contributed by atoms with Crippen LogP contribution in [0.15, 0.2) is 42.5 Å². The zero-order valence-electron chi connectivity index (χ0n) is 16.0. The van der Waals surface area contributed by atoms with Crippen molar-refractivity contribution in [3.8, 4) is 17.2 Å². The first-order valence-corrected chi connectivity index (χ1v) is 9.38. The smallest absolute Gasteiger partial charge is 0.222 e. The number of ether oxygens (including phenoxy) is 2. The van der Waals surface area contributed by atoms with Crippen molar-refractivity contribution >= 4 is 5.91 Å². The van der Waals surface area contributed by atoms with E-state index in [4.69, 9.17) is 9.47 Å². The topological polar surface area (TPSA) is 59.0 Å². The molecular formula is C22H27NO4. The van der Waals surface area contributed by atoms with Crippen molar-refractivity contribution < 1.29 is 19.4 Å². The van der Waals surface area contributed by atoms with Crippen LogP contribution < -0.4 is 9.47 Å². The number of carbonyl (C=O) groups excluding carboxylic acids is 1. The lowest BCUT2D eigenvalue weighted by Crippen LogP contribution is -2.38. The number of likely N-dealkylation sites (tertiary alicyclic amines) is 1. The van der Waals surface area contributed by atoms with E-state index in [1.54, 1.807) is 26.4 Å². The Morgan fingerprint density at radius 3 is 2.33 bits per heavy atom. The fourth-order valence-electron chi connectivity index (χ4n) is 3.65. The lowest BCUT2D eigenvalue weighted by molar-refractivity contribution is -0.132. The van der Waals surface area contributed by atoms with Crippen LogP contribution in [0.5, 0.6) is 17.2 Å². The minimum atomic E-state index is 0.203. The second-order valence-electron chi connectivity index (χ2n) is 6.94. The first kappa shape index (κ1) is 19.1. The largest absolute Gasteiger partial charge is 0.508 e. The summed E-state index contributed by atoms with van der Waals surface area (Å²) in [6.07, 6.45) is 3.12. The molecule has 0 spiro atoms. The summed E-state index contributed by atoms with van der Waals surface area (Å²) in [5.74, 6) is 2.34. The highest BCUT2D eigenvalue weighted by Gasteiger charge is 2.23. The maximum Gasteiger partial charge on any atom is 0.222 e. The highest BCUT2D eigenvalue weighted by Crippen LogP contribution is 2.30. The zero-order valence-corrected chi connectivity index (χ0v) is 16.0. The van der Waals surface area contributed by atoms with E-state index in [-0.39, 0.29) is 5.91 Å². The number of phenolic OH excluding ortho intramolecular Hbond substituents is 1. The number of rotatable bonds is 6. The minimum Gasteiger partial charge on any atom is -0.508 e. The number of aromatic hydroxyl groups is 1. The number of phenols is 1. The summed E-state index contributed by atoms with van der Waals surface area (Å²) in [4.78, 5) is 14.5. The summed E-state index contributed by atoms with van der Waals surface area (Å²) in [5, 5.41) is 9.42. The molecular weight excluding hydrogens is 342 g/mol. The maximum absolute atomic E-state index is 12.6. The molecule has 0 aromatic heterocycles. The van der Waals surface area contributed by atoms with Crippen LogP contribution in [0.1, 0.15) is 36.3 Å². The fourth-order valence-corrected chi connectivity index (χ4v) is 3.65. The van der Waals surface area contributed by atoms with E-state index in [0.29, 0.717) is 36.0 Å². The Bertz CT molecular complexity index is 764. The molecule has 1 aliphatic heterocycles. The lowest BCUT2D eigenvalue weighted by Gasteiger charge is -2.32. The van der Waals surface area contributed by atoms with E-state index in [1.165, 1.54) is 5.56 Å². The molecule has 0 bridgehead atoms. The molecule has 0 atom stereocenters. The predicted molar refractivity (Wildman–Crippen MR) is 105 cm³/mol. The number of hydrogen-bond donors (Lipinski definition) is 1. The molecule has 1 amide bonds. The third-order valence-electron chi connectivity index (χ3n) is 5.29. The number of carbonyl (C=O) groups is 1. The molecule has 0 aliphatic carbocycles. The number of benzene rings is 2. The maximum atomic E-state index is 12.6. The molecule has 1 saturated heterocycles. The van der Waals surface area contributed by atoms with E-state index < -0.39 is 0 Å². The van der Waals surface area contributed by atoms with Crippen molar-refractivity contribution in [1.29, 1.82) is 0 Å². The summed E-state index contributed by atoms with van der Waals surface area (Å²) in [7, 11) is 3.23. The van der Waals surface area contributed by atoms with Crippen LogP contribution in [-0.2, 0) is 11.2 Å². The molecule has 1 aliphatic rings. The zero-order chi connectivity index (χ0) is 19.2. The first-order chi connectivity index (χ1) is 13.1. The van der Waals surface area contributed by atoms with Gasteiger partial charge in [-0.2, -0.15) is 0 Å². The summed E-state index contributed by atoms with van der Waals surface area (Å²) < 4.78 is 10.6. The van der Waals surface area contributed by atoms with Gasteiger partial charge in [0, 0.05) is 19.5 Å². The average Bonchev–Trinajstić information content (AvgIpc) is 2.72. The van der Waals surface area contributed by atoms with Crippen molar-refractivity contribution in [1.82, 2.24) is 4.90 Å². The van der Waals surface area contributed by atoms with Crippen LogP contribution >= 0.6 is 0 Å². The normalized spacial score (nSPS) is 14.8. The van der Waals surface area contributed by atoms with Crippen LogP contribution in [0.2, 0.25) is 0 Å². The molecule has 0 unspecified atom stereocenters. The standard InChI is InChI=1S/C22H27NO4/c1-26-20-9-3-16(15-21(20)27-2)4-10-22(25)23-13-11-18(12-14-23)17-5-7-19(24)8-6-17/h3,5-9,15,18,24H,4,10-14H2,1-2H3. The number of hydrogen-bond acceptors (Lipinski definition) is 4. The van der Waals surface area contributed by atoms with Gasteiger partial charge in [0.05, 0.1) is 14.2 Å². The number of nitrogens with zero attached hydrogens (tertiary/aromatic N) is 1. The molecule has 5 nitrogen and oxygen atoms in total. The molecule has 3 rings (SSSR count). The minimum absolute atomic E-state index is 0.203. The number of amides is 1. The molecule has 2 aromatic carbocycles. The van der Waals surface area contributed by atoms with E-state index >= 15 is 0 Å². The van der Waals surface area contributed by atoms with Crippen molar-refractivity contribution in [2.75, 3.05) is 27.3 Å². The van der Waals surface area contributed by atoms with Crippen molar-refractivity contribution in [2.45, 2.75) is 31.6 Å². The predicted octanol–water partition coefficient (Wildman–Crippen LogP) is 3.75. The molecule has 1 heterocycles. The van der Waals surface area contributed by atoms with Crippen molar-refractivity contribution in [3.63, 3.8) is 0 Å². The third-order valence-corrected chi connectivity index (χ3v) is 5.29. The van der Waals surface area contributed by atoms with Gasteiger partial charge in [-0.25, -0.2) is 0 Å². The first-order valence-electron chi connectivity index (χ1n) is 9.38. The van der Waals surface area contributed by atoms with Crippen molar-refractivity contribution in [3.05, 3.63) is 53.6 Å². The van der Waals surface area contributed by atoms with Crippen LogP contribution in [-0.4, -0.2) is 43.2 Å². The van der Waals surface area contributed by atoms with Gasteiger partial charge in [-0.15, -0.1) is 0 Å². The monoisotopic (exact) mass is 369 g/mol. The molecule has 5 heteroatoms. The fraction of sp³-hybridized carbons (Fsp3) is 0.409. The second kappa shape index (κ2) is 8.80. The summed E-state index contributed by atoms with van der Waals surface area (Å²) in [5.41, 5.74) is 2.31. The third kappa shape index (κ3) is 4.73. The van der Waals surface area contributed by atoms with Gasteiger partial charge in [0.25, 0.3) is 0 Å².